The van der Waals surface area contributed by atoms with Gasteiger partial charge in [0.15, 0.2) is 5.16 Å². The third-order valence-electron chi connectivity index (χ3n) is 2.65. The summed E-state index contributed by atoms with van der Waals surface area (Å²) in [5.74, 6) is 1.38. The van der Waals surface area contributed by atoms with E-state index in [4.69, 9.17) is 10.5 Å². The minimum Gasteiger partial charge on any atom is -0.381 e. The molecule has 1 fully saturated rings. The second-order valence-corrected chi connectivity index (χ2v) is 4.81. The molecule has 1 aromatic heterocycles. The largest absolute Gasteiger partial charge is 0.381 e. The molecule has 1 aromatic rings. The third kappa shape index (κ3) is 2.70. The lowest BCUT2D eigenvalue weighted by atomic mass is 10.0. The number of ether oxygens (including phenoxy) is 1. The summed E-state index contributed by atoms with van der Waals surface area (Å²) < 4.78 is 7.22. The van der Waals surface area contributed by atoms with E-state index in [0.29, 0.717) is 5.92 Å². The van der Waals surface area contributed by atoms with E-state index in [1.807, 2.05) is 11.6 Å². The molecule has 2 heterocycles. The van der Waals surface area contributed by atoms with Crippen molar-refractivity contribution in [2.45, 2.75) is 17.6 Å². The fourth-order valence-corrected chi connectivity index (χ4v) is 2.57. The Labute approximate surface area is 93.4 Å². The molecule has 0 spiro atoms. The Kier molecular flexibility index (Phi) is 3.61. The lowest BCUT2D eigenvalue weighted by Crippen LogP contribution is -2.32. The van der Waals surface area contributed by atoms with Gasteiger partial charge >= 0.3 is 0 Å². The van der Waals surface area contributed by atoms with Crippen LogP contribution in [0.25, 0.3) is 0 Å². The summed E-state index contributed by atoms with van der Waals surface area (Å²) in [4.78, 5) is 0. The fourth-order valence-electron chi connectivity index (χ4n) is 1.60. The van der Waals surface area contributed by atoms with E-state index in [2.05, 4.69) is 10.2 Å². The van der Waals surface area contributed by atoms with Gasteiger partial charge in [-0.1, -0.05) is 11.8 Å². The van der Waals surface area contributed by atoms with Gasteiger partial charge in [0.1, 0.15) is 6.33 Å². The lowest BCUT2D eigenvalue weighted by Gasteiger charge is -2.16. The molecule has 0 saturated carbocycles. The lowest BCUT2D eigenvalue weighted by molar-refractivity contribution is 0.182. The van der Waals surface area contributed by atoms with Crippen LogP contribution in [0.1, 0.15) is 6.42 Å². The van der Waals surface area contributed by atoms with Crippen LogP contribution in [0.5, 0.6) is 0 Å². The minimum absolute atomic E-state index is 0.189. The van der Waals surface area contributed by atoms with Crippen LogP contribution in [0, 0.1) is 5.92 Å². The minimum atomic E-state index is 0.189. The Morgan fingerprint density at radius 3 is 3.27 bits per heavy atom. The second-order valence-electron chi connectivity index (χ2n) is 3.82. The molecular formula is C9H16N4OS. The highest BCUT2D eigenvalue weighted by atomic mass is 32.2. The molecule has 15 heavy (non-hydrogen) atoms. The van der Waals surface area contributed by atoms with E-state index in [0.717, 1.165) is 30.5 Å². The highest BCUT2D eigenvalue weighted by Crippen LogP contribution is 2.21. The molecule has 6 heteroatoms. The van der Waals surface area contributed by atoms with E-state index in [1.165, 1.54) is 0 Å². The van der Waals surface area contributed by atoms with Gasteiger partial charge in [-0.15, -0.1) is 10.2 Å². The molecule has 2 N–H and O–H groups in total. The normalized spacial score (nSPS) is 23.2. The van der Waals surface area contributed by atoms with Crippen molar-refractivity contribution in [1.82, 2.24) is 14.8 Å². The van der Waals surface area contributed by atoms with Crippen molar-refractivity contribution in [3.63, 3.8) is 0 Å². The topological polar surface area (TPSA) is 66.0 Å². The van der Waals surface area contributed by atoms with E-state index >= 15 is 0 Å². The molecule has 2 unspecified atom stereocenters. The first-order valence-corrected chi connectivity index (χ1v) is 6.06. The molecule has 0 amide bonds. The Hall–Kier alpha value is -0.590. The van der Waals surface area contributed by atoms with Crippen molar-refractivity contribution in [3.05, 3.63) is 6.33 Å². The van der Waals surface area contributed by atoms with Gasteiger partial charge in [0, 0.05) is 31.4 Å². The first kappa shape index (κ1) is 10.9. The number of aromatic nitrogens is 3. The Morgan fingerprint density at radius 1 is 1.80 bits per heavy atom. The zero-order valence-corrected chi connectivity index (χ0v) is 9.61. The molecule has 0 radical (unpaired) electrons. The maximum absolute atomic E-state index is 6.09. The first-order valence-electron chi connectivity index (χ1n) is 5.07. The average molecular weight is 228 g/mol. The van der Waals surface area contributed by atoms with E-state index in [-0.39, 0.29) is 6.04 Å². The van der Waals surface area contributed by atoms with Gasteiger partial charge in [-0.05, 0) is 6.42 Å². The first-order chi connectivity index (χ1) is 7.27. The monoisotopic (exact) mass is 228 g/mol. The van der Waals surface area contributed by atoms with Crippen LogP contribution in [-0.4, -0.2) is 39.8 Å². The maximum Gasteiger partial charge on any atom is 0.190 e. The SMILES string of the molecule is Cn1cnnc1SCC(N)C1CCOC1. The number of aryl methyl sites for hydroxylation is 1. The van der Waals surface area contributed by atoms with Gasteiger partial charge in [0.25, 0.3) is 0 Å². The van der Waals surface area contributed by atoms with Crippen LogP contribution in [0.15, 0.2) is 11.5 Å². The molecule has 0 bridgehead atoms. The Balaban J connectivity index is 1.80. The third-order valence-corrected chi connectivity index (χ3v) is 3.82. The quantitative estimate of drug-likeness (QED) is 0.749. The standard InChI is InChI=1S/C9H16N4OS/c1-13-6-11-12-9(13)15-5-8(10)7-2-3-14-4-7/h6-8H,2-5,10H2,1H3. The molecular weight excluding hydrogens is 212 g/mol. The highest BCUT2D eigenvalue weighted by molar-refractivity contribution is 7.99. The number of nitrogens with two attached hydrogens (primary N) is 1. The van der Waals surface area contributed by atoms with Crippen LogP contribution in [0.4, 0.5) is 0 Å². The molecule has 2 atom stereocenters. The van der Waals surface area contributed by atoms with Crippen LogP contribution in [0.2, 0.25) is 0 Å². The van der Waals surface area contributed by atoms with Gasteiger partial charge < -0.3 is 15.0 Å². The number of nitrogens with zero attached hydrogens (tertiary/aromatic N) is 3. The van der Waals surface area contributed by atoms with Gasteiger partial charge in [-0.25, -0.2) is 0 Å². The summed E-state index contributed by atoms with van der Waals surface area (Å²) in [6.45, 7) is 1.66. The second kappa shape index (κ2) is 4.96. The van der Waals surface area contributed by atoms with Gasteiger partial charge in [-0.3, -0.25) is 0 Å². The predicted octanol–water partition coefficient (Wildman–Crippen LogP) is 0.271. The molecule has 5 nitrogen and oxygen atoms in total. The highest BCUT2D eigenvalue weighted by Gasteiger charge is 2.23. The Morgan fingerprint density at radius 2 is 2.67 bits per heavy atom. The van der Waals surface area contributed by atoms with E-state index in [1.54, 1.807) is 18.1 Å². The molecule has 1 aliphatic heterocycles. The summed E-state index contributed by atoms with van der Waals surface area (Å²) in [5, 5.41) is 8.75. The molecule has 84 valence electrons. The number of hydrogen-bond donors (Lipinski definition) is 1. The van der Waals surface area contributed by atoms with Gasteiger partial charge in [0.2, 0.25) is 0 Å². The molecule has 0 aromatic carbocycles. The van der Waals surface area contributed by atoms with Crippen LogP contribution in [0.3, 0.4) is 0 Å². The maximum atomic E-state index is 6.09. The summed E-state index contributed by atoms with van der Waals surface area (Å²) in [6.07, 6.45) is 2.78. The molecule has 1 aliphatic rings. The summed E-state index contributed by atoms with van der Waals surface area (Å²) >= 11 is 1.66. The predicted molar refractivity (Wildman–Crippen MR) is 58.6 cm³/mol. The zero-order chi connectivity index (χ0) is 10.7. The van der Waals surface area contributed by atoms with E-state index in [9.17, 15) is 0 Å². The van der Waals surface area contributed by atoms with Crippen molar-refractivity contribution >= 4 is 11.8 Å². The van der Waals surface area contributed by atoms with Crippen molar-refractivity contribution in [1.29, 1.82) is 0 Å². The smallest absolute Gasteiger partial charge is 0.190 e. The van der Waals surface area contributed by atoms with Crippen molar-refractivity contribution in [2.75, 3.05) is 19.0 Å². The Bertz CT molecular complexity index is 311. The molecule has 1 saturated heterocycles. The van der Waals surface area contributed by atoms with Gasteiger partial charge in [0.05, 0.1) is 6.61 Å². The summed E-state index contributed by atoms with van der Waals surface area (Å²) in [5.41, 5.74) is 6.09. The van der Waals surface area contributed by atoms with Crippen LogP contribution >= 0.6 is 11.8 Å². The number of hydrogen-bond acceptors (Lipinski definition) is 5. The van der Waals surface area contributed by atoms with Crippen LogP contribution in [-0.2, 0) is 11.8 Å². The van der Waals surface area contributed by atoms with Crippen molar-refractivity contribution in [3.8, 4) is 0 Å². The summed E-state index contributed by atoms with van der Waals surface area (Å²) in [7, 11) is 1.94. The van der Waals surface area contributed by atoms with Crippen LogP contribution < -0.4 is 5.73 Å². The molecule has 2 rings (SSSR count). The zero-order valence-electron chi connectivity index (χ0n) is 8.80. The average Bonchev–Trinajstić information content (AvgIpc) is 2.85. The van der Waals surface area contributed by atoms with Crippen molar-refractivity contribution < 1.29 is 4.74 Å². The summed E-state index contributed by atoms with van der Waals surface area (Å²) in [6, 6.07) is 0.189. The van der Waals surface area contributed by atoms with Crippen molar-refractivity contribution in [2.24, 2.45) is 18.7 Å². The fraction of sp³-hybridized carbons (Fsp3) is 0.778. The number of thioether (sulfide) groups is 1. The van der Waals surface area contributed by atoms with Gasteiger partial charge in [-0.2, -0.15) is 0 Å². The number of rotatable bonds is 4. The van der Waals surface area contributed by atoms with E-state index < -0.39 is 0 Å². The molecule has 0 aliphatic carbocycles.